The summed E-state index contributed by atoms with van der Waals surface area (Å²) in [6.45, 7) is 4.00. The fourth-order valence-electron chi connectivity index (χ4n) is 4.21. The minimum atomic E-state index is 0.0428. The SMILES string of the molecule is CN(C)C(=O)CN=C(NCC1CCCO1)N1CCC2(CCCC2)C1. The monoisotopic (exact) mass is 336 g/mol. The minimum Gasteiger partial charge on any atom is -0.376 e. The highest BCUT2D eigenvalue weighted by Crippen LogP contribution is 2.45. The van der Waals surface area contributed by atoms with E-state index in [0.717, 1.165) is 45.0 Å². The predicted octanol–water partition coefficient (Wildman–Crippen LogP) is 1.47. The number of ether oxygens (including phenoxy) is 1. The van der Waals surface area contributed by atoms with Crippen molar-refractivity contribution >= 4 is 11.9 Å². The molecule has 2 saturated heterocycles. The van der Waals surface area contributed by atoms with Crippen molar-refractivity contribution in [2.24, 2.45) is 10.4 Å². The van der Waals surface area contributed by atoms with Crippen molar-refractivity contribution in [3.63, 3.8) is 0 Å². The Morgan fingerprint density at radius 3 is 2.75 bits per heavy atom. The molecule has 3 rings (SSSR count). The molecule has 0 aromatic rings. The zero-order valence-electron chi connectivity index (χ0n) is 15.2. The number of likely N-dealkylation sites (tertiary alicyclic amines) is 1. The summed E-state index contributed by atoms with van der Waals surface area (Å²) in [5.74, 6) is 0.936. The van der Waals surface area contributed by atoms with Gasteiger partial charge in [0.05, 0.1) is 6.10 Å². The molecule has 1 unspecified atom stereocenters. The zero-order valence-corrected chi connectivity index (χ0v) is 15.2. The van der Waals surface area contributed by atoms with E-state index in [0.29, 0.717) is 5.41 Å². The first-order chi connectivity index (χ1) is 11.6. The largest absolute Gasteiger partial charge is 0.376 e. The Bertz CT molecular complexity index is 466. The molecule has 2 heterocycles. The number of hydrogen-bond acceptors (Lipinski definition) is 3. The number of guanidine groups is 1. The van der Waals surface area contributed by atoms with E-state index in [9.17, 15) is 4.79 Å². The molecule has 24 heavy (non-hydrogen) atoms. The summed E-state index contributed by atoms with van der Waals surface area (Å²) in [6, 6.07) is 0. The summed E-state index contributed by atoms with van der Waals surface area (Å²) in [5, 5.41) is 3.48. The van der Waals surface area contributed by atoms with Crippen molar-refractivity contribution < 1.29 is 9.53 Å². The first-order valence-electron chi connectivity index (χ1n) is 9.43. The molecule has 3 fully saturated rings. The second kappa shape index (κ2) is 7.72. The van der Waals surface area contributed by atoms with Gasteiger partial charge in [0, 0.05) is 40.3 Å². The van der Waals surface area contributed by atoms with Gasteiger partial charge in [-0.3, -0.25) is 4.79 Å². The van der Waals surface area contributed by atoms with E-state index in [2.05, 4.69) is 15.2 Å². The molecule has 1 spiro atoms. The molecule has 1 saturated carbocycles. The molecule has 6 heteroatoms. The van der Waals surface area contributed by atoms with Crippen LogP contribution < -0.4 is 5.32 Å². The Balaban J connectivity index is 1.62. The fraction of sp³-hybridized carbons (Fsp3) is 0.889. The van der Waals surface area contributed by atoms with Crippen molar-refractivity contribution in [3.8, 4) is 0 Å². The zero-order chi connectivity index (χ0) is 17.0. The third kappa shape index (κ3) is 4.21. The van der Waals surface area contributed by atoms with Gasteiger partial charge in [-0.05, 0) is 37.5 Å². The number of likely N-dealkylation sites (N-methyl/N-ethyl adjacent to an activating group) is 1. The molecular formula is C18H32N4O2. The smallest absolute Gasteiger partial charge is 0.243 e. The molecule has 6 nitrogen and oxygen atoms in total. The van der Waals surface area contributed by atoms with Crippen LogP contribution in [0.2, 0.25) is 0 Å². The maximum Gasteiger partial charge on any atom is 0.243 e. The maximum atomic E-state index is 11.9. The van der Waals surface area contributed by atoms with Gasteiger partial charge in [0.1, 0.15) is 6.54 Å². The predicted molar refractivity (Wildman–Crippen MR) is 95.1 cm³/mol. The van der Waals surface area contributed by atoms with Crippen LogP contribution in [0.5, 0.6) is 0 Å². The molecule has 0 aromatic heterocycles. The summed E-state index contributed by atoms with van der Waals surface area (Å²) < 4.78 is 5.71. The first kappa shape index (κ1) is 17.5. The number of carbonyl (C=O) groups excluding carboxylic acids is 1. The summed E-state index contributed by atoms with van der Waals surface area (Å²) in [4.78, 5) is 20.5. The van der Waals surface area contributed by atoms with Crippen LogP contribution in [0.3, 0.4) is 0 Å². The van der Waals surface area contributed by atoms with E-state index < -0.39 is 0 Å². The highest BCUT2D eigenvalue weighted by atomic mass is 16.5. The highest BCUT2D eigenvalue weighted by Gasteiger charge is 2.41. The molecule has 0 aromatic carbocycles. The normalized spacial score (nSPS) is 26.3. The molecule has 3 aliphatic rings. The van der Waals surface area contributed by atoms with Crippen LogP contribution in [-0.2, 0) is 9.53 Å². The number of carbonyl (C=O) groups is 1. The van der Waals surface area contributed by atoms with Crippen molar-refractivity contribution in [2.75, 3.05) is 46.9 Å². The summed E-state index contributed by atoms with van der Waals surface area (Å²) in [5.41, 5.74) is 0.498. The van der Waals surface area contributed by atoms with Gasteiger partial charge in [0.15, 0.2) is 5.96 Å². The lowest BCUT2D eigenvalue weighted by atomic mass is 9.86. The van der Waals surface area contributed by atoms with Crippen LogP contribution >= 0.6 is 0 Å². The Kier molecular flexibility index (Phi) is 5.64. The van der Waals surface area contributed by atoms with Gasteiger partial charge in [0.25, 0.3) is 0 Å². The standard InChI is InChI=1S/C18H32N4O2/c1-21(2)16(23)13-20-17(19-12-15-6-5-11-24-15)22-10-9-18(14-22)7-3-4-8-18/h15H,3-14H2,1-2H3,(H,19,20). The average Bonchev–Trinajstić information content (AvgIpc) is 3.31. The average molecular weight is 336 g/mol. The van der Waals surface area contributed by atoms with E-state index in [1.54, 1.807) is 19.0 Å². The second-order valence-electron chi connectivity index (χ2n) is 7.82. The van der Waals surface area contributed by atoms with Gasteiger partial charge in [-0.25, -0.2) is 4.99 Å². The van der Waals surface area contributed by atoms with Crippen LogP contribution in [0.1, 0.15) is 44.9 Å². The first-order valence-corrected chi connectivity index (χ1v) is 9.43. The number of aliphatic imine (C=N–C) groups is 1. The molecular weight excluding hydrogens is 304 g/mol. The Morgan fingerprint density at radius 1 is 1.29 bits per heavy atom. The Morgan fingerprint density at radius 2 is 2.08 bits per heavy atom. The Labute approximate surface area is 145 Å². The number of hydrogen-bond donors (Lipinski definition) is 1. The second-order valence-corrected chi connectivity index (χ2v) is 7.82. The summed E-state index contributed by atoms with van der Waals surface area (Å²) in [7, 11) is 3.56. The number of nitrogens with zero attached hydrogens (tertiary/aromatic N) is 3. The molecule has 0 bridgehead atoms. The van der Waals surface area contributed by atoms with Gasteiger partial charge in [-0.2, -0.15) is 0 Å². The molecule has 1 N–H and O–H groups in total. The summed E-state index contributed by atoms with van der Waals surface area (Å²) in [6.07, 6.45) is 9.22. The van der Waals surface area contributed by atoms with Gasteiger partial charge < -0.3 is 19.9 Å². The van der Waals surface area contributed by atoms with E-state index in [-0.39, 0.29) is 18.6 Å². The molecule has 2 aliphatic heterocycles. The molecule has 1 atom stereocenters. The van der Waals surface area contributed by atoms with Gasteiger partial charge >= 0.3 is 0 Å². The van der Waals surface area contributed by atoms with Crippen molar-refractivity contribution in [1.29, 1.82) is 0 Å². The van der Waals surface area contributed by atoms with Crippen LogP contribution in [0, 0.1) is 5.41 Å². The fourth-order valence-corrected chi connectivity index (χ4v) is 4.21. The highest BCUT2D eigenvalue weighted by molar-refractivity contribution is 5.85. The van der Waals surface area contributed by atoms with Crippen LogP contribution in [0.4, 0.5) is 0 Å². The van der Waals surface area contributed by atoms with E-state index >= 15 is 0 Å². The van der Waals surface area contributed by atoms with E-state index in [1.807, 2.05) is 0 Å². The molecule has 0 radical (unpaired) electrons. The van der Waals surface area contributed by atoms with Crippen LogP contribution in [0.25, 0.3) is 0 Å². The van der Waals surface area contributed by atoms with Crippen molar-refractivity contribution in [2.45, 2.75) is 51.0 Å². The lowest BCUT2D eigenvalue weighted by Gasteiger charge is -2.27. The quantitative estimate of drug-likeness (QED) is 0.624. The summed E-state index contributed by atoms with van der Waals surface area (Å²) >= 11 is 0. The maximum absolute atomic E-state index is 11.9. The van der Waals surface area contributed by atoms with E-state index in [4.69, 9.17) is 4.74 Å². The van der Waals surface area contributed by atoms with Gasteiger partial charge in [-0.15, -0.1) is 0 Å². The lowest BCUT2D eigenvalue weighted by Crippen LogP contribution is -2.44. The topological polar surface area (TPSA) is 57.2 Å². The van der Waals surface area contributed by atoms with Crippen LogP contribution in [0.15, 0.2) is 4.99 Å². The molecule has 1 aliphatic carbocycles. The molecule has 1 amide bonds. The van der Waals surface area contributed by atoms with Gasteiger partial charge in [0.2, 0.25) is 5.91 Å². The van der Waals surface area contributed by atoms with E-state index in [1.165, 1.54) is 32.1 Å². The minimum absolute atomic E-state index is 0.0428. The van der Waals surface area contributed by atoms with Crippen molar-refractivity contribution in [3.05, 3.63) is 0 Å². The number of nitrogens with one attached hydrogen (secondary N) is 1. The third-order valence-corrected chi connectivity index (χ3v) is 5.78. The molecule has 136 valence electrons. The lowest BCUT2D eigenvalue weighted by molar-refractivity contribution is -0.127. The van der Waals surface area contributed by atoms with Crippen LogP contribution in [-0.4, -0.2) is 74.7 Å². The third-order valence-electron chi connectivity index (χ3n) is 5.78. The van der Waals surface area contributed by atoms with Gasteiger partial charge in [-0.1, -0.05) is 12.8 Å². The number of rotatable bonds is 4. The van der Waals surface area contributed by atoms with Crippen molar-refractivity contribution in [1.82, 2.24) is 15.1 Å². The number of amides is 1. The Hall–Kier alpha value is -1.30.